The number of anilines is 1. The van der Waals surface area contributed by atoms with E-state index < -0.39 is 11.6 Å². The molecule has 0 radical (unpaired) electrons. The molecule has 0 spiro atoms. The van der Waals surface area contributed by atoms with Gasteiger partial charge in [0.05, 0.1) is 28.4 Å². The Morgan fingerprint density at radius 2 is 1.95 bits per heavy atom. The first kappa shape index (κ1) is 12.1. The standard InChI is InChI=1S/C14H8F2N4/c15-9-2-3-10(16)12(6-9)20-13-5-8(7-17)1-4-11(13)19-14(20)18/h1-6H,(H2,18,19). The molecular weight excluding hydrogens is 262 g/mol. The molecule has 98 valence electrons. The number of nitriles is 1. The lowest BCUT2D eigenvalue weighted by Crippen LogP contribution is -2.03. The molecule has 20 heavy (non-hydrogen) atoms. The number of aromatic nitrogens is 2. The van der Waals surface area contributed by atoms with Crippen molar-refractivity contribution in [3.8, 4) is 11.8 Å². The van der Waals surface area contributed by atoms with Crippen LogP contribution < -0.4 is 5.73 Å². The van der Waals surface area contributed by atoms with Crippen LogP contribution in [0.1, 0.15) is 5.56 Å². The summed E-state index contributed by atoms with van der Waals surface area (Å²) in [7, 11) is 0. The lowest BCUT2D eigenvalue weighted by molar-refractivity contribution is 0.594. The van der Waals surface area contributed by atoms with E-state index in [-0.39, 0.29) is 11.6 Å². The van der Waals surface area contributed by atoms with Gasteiger partial charge in [-0.25, -0.2) is 13.8 Å². The third kappa shape index (κ3) is 1.77. The van der Waals surface area contributed by atoms with Crippen LogP contribution >= 0.6 is 0 Å². The maximum Gasteiger partial charge on any atom is 0.206 e. The number of imidazole rings is 1. The Morgan fingerprint density at radius 1 is 1.15 bits per heavy atom. The Kier molecular flexibility index (Phi) is 2.61. The summed E-state index contributed by atoms with van der Waals surface area (Å²) in [5.74, 6) is -1.18. The van der Waals surface area contributed by atoms with Crippen molar-refractivity contribution < 1.29 is 8.78 Å². The van der Waals surface area contributed by atoms with Gasteiger partial charge in [0.25, 0.3) is 0 Å². The molecule has 3 aromatic rings. The second kappa shape index (κ2) is 4.31. The predicted octanol–water partition coefficient (Wildman–Crippen LogP) is 2.76. The maximum atomic E-state index is 13.9. The second-order valence-corrected chi connectivity index (χ2v) is 4.22. The summed E-state index contributed by atoms with van der Waals surface area (Å²) in [4.78, 5) is 4.08. The molecule has 0 aliphatic carbocycles. The van der Waals surface area contributed by atoms with Gasteiger partial charge in [-0.1, -0.05) is 0 Å². The van der Waals surface area contributed by atoms with E-state index in [9.17, 15) is 8.78 Å². The summed E-state index contributed by atoms with van der Waals surface area (Å²) < 4.78 is 28.5. The fraction of sp³-hybridized carbons (Fsp3) is 0. The molecule has 4 nitrogen and oxygen atoms in total. The lowest BCUT2D eigenvalue weighted by atomic mass is 10.2. The van der Waals surface area contributed by atoms with E-state index in [0.29, 0.717) is 16.6 Å². The fourth-order valence-electron chi connectivity index (χ4n) is 2.07. The molecule has 6 heteroatoms. The summed E-state index contributed by atoms with van der Waals surface area (Å²) >= 11 is 0. The van der Waals surface area contributed by atoms with Crippen molar-refractivity contribution in [1.29, 1.82) is 5.26 Å². The first-order chi connectivity index (χ1) is 9.60. The number of fused-ring (bicyclic) bond motifs is 1. The van der Waals surface area contributed by atoms with Gasteiger partial charge in [0.2, 0.25) is 5.95 Å². The highest BCUT2D eigenvalue weighted by atomic mass is 19.1. The van der Waals surface area contributed by atoms with Crippen LogP contribution in [0, 0.1) is 23.0 Å². The minimum Gasteiger partial charge on any atom is -0.369 e. The van der Waals surface area contributed by atoms with Gasteiger partial charge in [-0.3, -0.25) is 4.57 Å². The van der Waals surface area contributed by atoms with Crippen LogP contribution in [-0.4, -0.2) is 9.55 Å². The van der Waals surface area contributed by atoms with Crippen molar-refractivity contribution in [2.45, 2.75) is 0 Å². The van der Waals surface area contributed by atoms with Crippen LogP contribution in [0.25, 0.3) is 16.7 Å². The SMILES string of the molecule is N#Cc1ccc2nc(N)n(-c3cc(F)ccc3F)c2c1. The van der Waals surface area contributed by atoms with Crippen molar-refractivity contribution in [2.24, 2.45) is 0 Å². The molecule has 0 atom stereocenters. The molecule has 0 fully saturated rings. The molecule has 0 saturated carbocycles. The minimum absolute atomic E-state index is 0.0274. The highest BCUT2D eigenvalue weighted by Crippen LogP contribution is 2.26. The largest absolute Gasteiger partial charge is 0.369 e. The molecule has 3 rings (SSSR count). The highest BCUT2D eigenvalue weighted by molar-refractivity contribution is 5.82. The summed E-state index contributed by atoms with van der Waals surface area (Å²) in [6.45, 7) is 0. The Hall–Kier alpha value is -2.94. The van der Waals surface area contributed by atoms with E-state index in [1.807, 2.05) is 6.07 Å². The molecule has 2 aromatic carbocycles. The van der Waals surface area contributed by atoms with Crippen LogP contribution in [0.15, 0.2) is 36.4 Å². The van der Waals surface area contributed by atoms with Gasteiger partial charge in [0, 0.05) is 6.07 Å². The monoisotopic (exact) mass is 270 g/mol. The Balaban J connectivity index is 2.38. The lowest BCUT2D eigenvalue weighted by Gasteiger charge is -2.08. The number of hydrogen-bond acceptors (Lipinski definition) is 3. The normalized spacial score (nSPS) is 10.7. The number of halogens is 2. The van der Waals surface area contributed by atoms with E-state index in [1.165, 1.54) is 10.6 Å². The van der Waals surface area contributed by atoms with Crippen LogP contribution in [0.3, 0.4) is 0 Å². The average molecular weight is 270 g/mol. The predicted molar refractivity (Wildman–Crippen MR) is 70.1 cm³/mol. The summed E-state index contributed by atoms with van der Waals surface area (Å²) in [5.41, 5.74) is 7.07. The van der Waals surface area contributed by atoms with E-state index >= 15 is 0 Å². The molecule has 0 aliphatic heterocycles. The molecule has 2 N–H and O–H groups in total. The van der Waals surface area contributed by atoms with E-state index in [0.717, 1.165) is 18.2 Å². The fourth-order valence-corrected chi connectivity index (χ4v) is 2.07. The summed E-state index contributed by atoms with van der Waals surface area (Å²) in [5, 5.41) is 8.92. The number of nitrogen functional groups attached to an aromatic ring is 1. The van der Waals surface area contributed by atoms with Gasteiger partial charge in [0.1, 0.15) is 11.6 Å². The van der Waals surface area contributed by atoms with E-state index in [2.05, 4.69) is 4.98 Å². The molecular formula is C14H8F2N4. The maximum absolute atomic E-state index is 13.9. The molecule has 1 heterocycles. The third-order valence-electron chi connectivity index (χ3n) is 2.96. The zero-order valence-electron chi connectivity index (χ0n) is 10.1. The quantitative estimate of drug-likeness (QED) is 0.739. The Bertz CT molecular complexity index is 861. The topological polar surface area (TPSA) is 67.6 Å². The smallest absolute Gasteiger partial charge is 0.206 e. The number of benzene rings is 2. The van der Waals surface area contributed by atoms with Gasteiger partial charge in [-0.15, -0.1) is 0 Å². The second-order valence-electron chi connectivity index (χ2n) is 4.22. The number of rotatable bonds is 1. The number of nitrogens with two attached hydrogens (primary N) is 1. The van der Waals surface area contributed by atoms with Gasteiger partial charge in [0.15, 0.2) is 0 Å². The van der Waals surface area contributed by atoms with Crippen molar-refractivity contribution in [2.75, 3.05) is 5.73 Å². The Labute approximate surface area is 112 Å². The van der Waals surface area contributed by atoms with Crippen LogP contribution in [-0.2, 0) is 0 Å². The van der Waals surface area contributed by atoms with E-state index in [1.54, 1.807) is 12.1 Å². The van der Waals surface area contributed by atoms with Gasteiger partial charge >= 0.3 is 0 Å². The summed E-state index contributed by atoms with van der Waals surface area (Å²) in [6.07, 6.45) is 0. The number of hydrogen-bond donors (Lipinski definition) is 1. The molecule has 1 aromatic heterocycles. The Morgan fingerprint density at radius 3 is 2.70 bits per heavy atom. The van der Waals surface area contributed by atoms with Gasteiger partial charge in [-0.05, 0) is 30.3 Å². The molecule has 0 amide bonds. The third-order valence-corrected chi connectivity index (χ3v) is 2.96. The van der Waals surface area contributed by atoms with Crippen molar-refractivity contribution in [3.63, 3.8) is 0 Å². The van der Waals surface area contributed by atoms with Crippen LogP contribution in [0.4, 0.5) is 14.7 Å². The molecule has 0 unspecified atom stereocenters. The average Bonchev–Trinajstić information content (AvgIpc) is 2.76. The van der Waals surface area contributed by atoms with Crippen LogP contribution in [0.5, 0.6) is 0 Å². The van der Waals surface area contributed by atoms with Crippen LogP contribution in [0.2, 0.25) is 0 Å². The van der Waals surface area contributed by atoms with Crippen molar-refractivity contribution in [1.82, 2.24) is 9.55 Å². The minimum atomic E-state index is -0.625. The van der Waals surface area contributed by atoms with Crippen molar-refractivity contribution >= 4 is 17.0 Å². The number of nitrogens with zero attached hydrogens (tertiary/aromatic N) is 3. The van der Waals surface area contributed by atoms with E-state index in [4.69, 9.17) is 11.0 Å². The molecule has 0 saturated heterocycles. The van der Waals surface area contributed by atoms with Crippen molar-refractivity contribution in [3.05, 3.63) is 53.6 Å². The molecule has 0 aliphatic rings. The zero-order chi connectivity index (χ0) is 14.3. The first-order valence-corrected chi connectivity index (χ1v) is 5.73. The highest BCUT2D eigenvalue weighted by Gasteiger charge is 2.14. The molecule has 0 bridgehead atoms. The van der Waals surface area contributed by atoms with Gasteiger partial charge in [-0.2, -0.15) is 5.26 Å². The first-order valence-electron chi connectivity index (χ1n) is 5.73. The summed E-state index contributed by atoms with van der Waals surface area (Å²) in [6, 6.07) is 9.78. The van der Waals surface area contributed by atoms with Gasteiger partial charge < -0.3 is 5.73 Å². The zero-order valence-corrected chi connectivity index (χ0v) is 10.1.